The molecule has 0 spiro atoms. The van der Waals surface area contributed by atoms with Gasteiger partial charge < -0.3 is 10.0 Å². The molecule has 2 aromatic carbocycles. The van der Waals surface area contributed by atoms with Gasteiger partial charge in [0, 0.05) is 16.6 Å². The summed E-state index contributed by atoms with van der Waals surface area (Å²) in [5.74, 6) is -1.13. The Labute approximate surface area is 130 Å². The van der Waals surface area contributed by atoms with Crippen LogP contribution in [0.2, 0.25) is 0 Å². The molecule has 0 bridgehead atoms. The number of carbonyl (C=O) groups excluding carboxylic acids is 1. The fourth-order valence-electron chi connectivity index (χ4n) is 2.78. The van der Waals surface area contributed by atoms with E-state index in [1.807, 2.05) is 30.3 Å². The Bertz CT molecular complexity index is 729. The van der Waals surface area contributed by atoms with Gasteiger partial charge in [-0.2, -0.15) is 0 Å². The van der Waals surface area contributed by atoms with E-state index in [9.17, 15) is 14.7 Å². The highest BCUT2D eigenvalue weighted by molar-refractivity contribution is 9.10. The molecule has 0 saturated carbocycles. The van der Waals surface area contributed by atoms with Crippen LogP contribution >= 0.6 is 15.9 Å². The molecule has 2 aromatic rings. The summed E-state index contributed by atoms with van der Waals surface area (Å²) >= 11 is 3.42. The van der Waals surface area contributed by atoms with Crippen molar-refractivity contribution < 1.29 is 14.7 Å². The number of hydrogen-bond acceptors (Lipinski definition) is 2. The van der Waals surface area contributed by atoms with Crippen molar-refractivity contribution in [2.45, 2.75) is 18.9 Å². The van der Waals surface area contributed by atoms with Gasteiger partial charge in [-0.25, -0.2) is 4.79 Å². The third-order valence-electron chi connectivity index (χ3n) is 3.85. The fourth-order valence-corrected chi connectivity index (χ4v) is 3.16. The average molecular weight is 348 g/mol. The maximum Gasteiger partial charge on any atom is 0.326 e. The van der Waals surface area contributed by atoms with Gasteiger partial charge in [-0.05, 0) is 47.9 Å². The minimum atomic E-state index is -0.925. The van der Waals surface area contributed by atoms with Crippen molar-refractivity contribution in [1.82, 2.24) is 4.90 Å². The molecule has 1 fully saturated rings. The number of fused-ring (bicyclic) bond motifs is 1. The first-order valence-electron chi connectivity index (χ1n) is 6.79. The second-order valence-electron chi connectivity index (χ2n) is 5.20. The Morgan fingerprint density at radius 1 is 1.14 bits per heavy atom. The molecule has 1 saturated heterocycles. The highest BCUT2D eigenvalue weighted by Gasteiger charge is 2.34. The standard InChI is InChI=1S/C16H14BrNO3/c17-13-6-5-10-8-12(4-3-11(10)9-13)15(19)18-7-1-2-14(18)16(20)21/h3-6,8-9,14H,1-2,7H2,(H,20,21). The molecule has 0 radical (unpaired) electrons. The second kappa shape index (κ2) is 5.48. The number of benzene rings is 2. The van der Waals surface area contributed by atoms with Gasteiger partial charge in [-0.1, -0.05) is 28.1 Å². The first kappa shape index (κ1) is 14.1. The lowest BCUT2D eigenvalue weighted by atomic mass is 10.1. The first-order chi connectivity index (χ1) is 10.1. The lowest BCUT2D eigenvalue weighted by Gasteiger charge is -2.21. The van der Waals surface area contributed by atoms with Gasteiger partial charge in [-0.3, -0.25) is 4.79 Å². The summed E-state index contributed by atoms with van der Waals surface area (Å²) in [6, 6.07) is 10.6. The molecule has 1 heterocycles. The maximum absolute atomic E-state index is 12.5. The lowest BCUT2D eigenvalue weighted by Crippen LogP contribution is -2.40. The molecule has 1 amide bonds. The molecule has 1 unspecified atom stereocenters. The summed E-state index contributed by atoms with van der Waals surface area (Å²) < 4.78 is 0.986. The third kappa shape index (κ3) is 2.65. The van der Waals surface area contributed by atoms with Crippen molar-refractivity contribution in [2.24, 2.45) is 0 Å². The predicted molar refractivity (Wildman–Crippen MR) is 83.3 cm³/mol. The summed E-state index contributed by atoms with van der Waals surface area (Å²) in [6.45, 7) is 0.508. The number of carboxylic acids is 1. The quantitative estimate of drug-likeness (QED) is 0.906. The molecule has 108 valence electrons. The number of carboxylic acid groups (broad SMARTS) is 1. The molecule has 3 rings (SSSR count). The Kier molecular flexibility index (Phi) is 3.68. The summed E-state index contributed by atoms with van der Waals surface area (Å²) in [5.41, 5.74) is 0.540. The van der Waals surface area contributed by atoms with Gasteiger partial charge in [0.15, 0.2) is 0 Å². The zero-order chi connectivity index (χ0) is 15.0. The Balaban J connectivity index is 1.94. The van der Waals surface area contributed by atoms with Crippen molar-refractivity contribution in [3.8, 4) is 0 Å². The van der Waals surface area contributed by atoms with Crippen molar-refractivity contribution in [2.75, 3.05) is 6.54 Å². The number of amides is 1. The number of aliphatic carboxylic acids is 1. The van der Waals surface area contributed by atoms with Gasteiger partial charge in [-0.15, -0.1) is 0 Å². The Morgan fingerprint density at radius 3 is 2.62 bits per heavy atom. The van der Waals surface area contributed by atoms with Crippen molar-refractivity contribution >= 4 is 38.6 Å². The minimum absolute atomic E-state index is 0.204. The van der Waals surface area contributed by atoms with Crippen molar-refractivity contribution in [1.29, 1.82) is 0 Å². The average Bonchev–Trinajstić information content (AvgIpc) is 2.95. The molecule has 4 nitrogen and oxygen atoms in total. The number of nitrogens with zero attached hydrogens (tertiary/aromatic N) is 1. The third-order valence-corrected chi connectivity index (χ3v) is 4.34. The van der Waals surface area contributed by atoms with E-state index in [2.05, 4.69) is 15.9 Å². The highest BCUT2D eigenvalue weighted by Crippen LogP contribution is 2.24. The lowest BCUT2D eigenvalue weighted by molar-refractivity contribution is -0.141. The summed E-state index contributed by atoms with van der Waals surface area (Å²) in [5, 5.41) is 11.2. The molecule has 5 heteroatoms. The summed E-state index contributed by atoms with van der Waals surface area (Å²) in [4.78, 5) is 25.2. The van der Waals surface area contributed by atoms with Crippen LogP contribution < -0.4 is 0 Å². The Morgan fingerprint density at radius 2 is 1.86 bits per heavy atom. The van der Waals surface area contributed by atoms with Crippen LogP contribution in [0.5, 0.6) is 0 Å². The van der Waals surface area contributed by atoms with E-state index in [0.717, 1.165) is 21.7 Å². The van der Waals surface area contributed by atoms with Crippen LogP contribution in [0.4, 0.5) is 0 Å². The number of halogens is 1. The van der Waals surface area contributed by atoms with E-state index >= 15 is 0 Å². The van der Waals surface area contributed by atoms with Crippen molar-refractivity contribution in [3.05, 3.63) is 46.4 Å². The highest BCUT2D eigenvalue weighted by atomic mass is 79.9. The van der Waals surface area contributed by atoms with E-state index in [1.165, 1.54) is 4.90 Å². The van der Waals surface area contributed by atoms with Crippen LogP contribution in [-0.4, -0.2) is 34.5 Å². The molecule has 0 aliphatic carbocycles. The SMILES string of the molecule is O=C(O)C1CCCN1C(=O)c1ccc2cc(Br)ccc2c1. The monoisotopic (exact) mass is 347 g/mol. The number of hydrogen-bond donors (Lipinski definition) is 1. The molecule has 1 aliphatic rings. The molecule has 1 atom stereocenters. The van der Waals surface area contributed by atoms with Crippen LogP contribution in [0.1, 0.15) is 23.2 Å². The van der Waals surface area contributed by atoms with E-state index in [0.29, 0.717) is 18.5 Å². The normalized spacial score (nSPS) is 18.1. The Hall–Kier alpha value is -1.88. The van der Waals surface area contributed by atoms with E-state index in [-0.39, 0.29) is 5.91 Å². The summed E-state index contributed by atoms with van der Waals surface area (Å²) in [6.07, 6.45) is 1.27. The van der Waals surface area contributed by atoms with Crippen LogP contribution in [0.15, 0.2) is 40.9 Å². The maximum atomic E-state index is 12.5. The zero-order valence-corrected chi connectivity index (χ0v) is 12.8. The molecule has 0 aromatic heterocycles. The largest absolute Gasteiger partial charge is 0.480 e. The molecule has 1 N–H and O–H groups in total. The van der Waals surface area contributed by atoms with E-state index in [1.54, 1.807) is 6.07 Å². The fraction of sp³-hybridized carbons (Fsp3) is 0.250. The van der Waals surface area contributed by atoms with Gasteiger partial charge in [0.1, 0.15) is 6.04 Å². The van der Waals surface area contributed by atoms with E-state index in [4.69, 9.17) is 0 Å². The molecule has 1 aliphatic heterocycles. The number of carbonyl (C=O) groups is 2. The minimum Gasteiger partial charge on any atom is -0.480 e. The van der Waals surface area contributed by atoms with Gasteiger partial charge in [0.25, 0.3) is 5.91 Å². The topological polar surface area (TPSA) is 57.6 Å². The van der Waals surface area contributed by atoms with Crippen LogP contribution in [0.25, 0.3) is 10.8 Å². The summed E-state index contributed by atoms with van der Waals surface area (Å²) in [7, 11) is 0. The molecule has 21 heavy (non-hydrogen) atoms. The number of rotatable bonds is 2. The smallest absolute Gasteiger partial charge is 0.326 e. The molecular formula is C16H14BrNO3. The van der Waals surface area contributed by atoms with Crippen molar-refractivity contribution in [3.63, 3.8) is 0 Å². The first-order valence-corrected chi connectivity index (χ1v) is 7.58. The molecular weight excluding hydrogens is 334 g/mol. The van der Waals surface area contributed by atoms with Gasteiger partial charge in [0.2, 0.25) is 0 Å². The zero-order valence-electron chi connectivity index (χ0n) is 11.3. The van der Waals surface area contributed by atoms with E-state index < -0.39 is 12.0 Å². The van der Waals surface area contributed by atoms with Gasteiger partial charge in [0.05, 0.1) is 0 Å². The van der Waals surface area contributed by atoms with Gasteiger partial charge >= 0.3 is 5.97 Å². The predicted octanol–water partition coefficient (Wildman–Crippen LogP) is 3.29. The van der Waals surface area contributed by atoms with Crippen LogP contribution in [0.3, 0.4) is 0 Å². The number of likely N-dealkylation sites (tertiary alicyclic amines) is 1. The van der Waals surface area contributed by atoms with Crippen LogP contribution in [0, 0.1) is 0 Å². The second-order valence-corrected chi connectivity index (χ2v) is 6.12. The van der Waals surface area contributed by atoms with Crippen LogP contribution in [-0.2, 0) is 4.79 Å².